The third-order valence-electron chi connectivity index (χ3n) is 4.79. The van der Waals surface area contributed by atoms with Crippen LogP contribution in [0, 0.1) is 0 Å². The summed E-state index contributed by atoms with van der Waals surface area (Å²) in [6.07, 6.45) is 1.88. The predicted molar refractivity (Wildman–Crippen MR) is 122 cm³/mol. The number of benzene rings is 3. The molecule has 3 aromatic rings. The second kappa shape index (κ2) is 9.96. The van der Waals surface area contributed by atoms with Crippen molar-refractivity contribution in [3.8, 4) is 0 Å². The van der Waals surface area contributed by atoms with Crippen LogP contribution in [-0.2, 0) is 15.6 Å². The number of carbonyl (C=O) groups excluding carboxylic acids is 1. The van der Waals surface area contributed by atoms with Gasteiger partial charge >= 0.3 is 0 Å². The fourth-order valence-electron chi connectivity index (χ4n) is 3.12. The van der Waals surface area contributed by atoms with Crippen LogP contribution in [0.5, 0.6) is 0 Å². The highest BCUT2D eigenvalue weighted by molar-refractivity contribution is 7.98. The maximum atomic E-state index is 13.0. The molecule has 0 bridgehead atoms. The topological polar surface area (TPSA) is 63.2 Å². The Labute approximate surface area is 182 Å². The number of nitrogens with one attached hydrogen (secondary N) is 1. The maximum absolute atomic E-state index is 13.0. The summed E-state index contributed by atoms with van der Waals surface area (Å²) in [5.41, 5.74) is 2.73. The van der Waals surface area contributed by atoms with Crippen LogP contribution in [-0.4, -0.2) is 20.6 Å². The molecular formula is C24H25NO3S2. The number of carbonyl (C=O) groups is 1. The Morgan fingerprint density at radius 1 is 0.933 bits per heavy atom. The lowest BCUT2D eigenvalue weighted by Crippen LogP contribution is -2.28. The van der Waals surface area contributed by atoms with Gasteiger partial charge in [-0.15, -0.1) is 11.8 Å². The van der Waals surface area contributed by atoms with Gasteiger partial charge in [-0.05, 0) is 41.8 Å². The van der Waals surface area contributed by atoms with E-state index in [4.69, 9.17) is 0 Å². The summed E-state index contributed by atoms with van der Waals surface area (Å²) in [6.45, 7) is 1.99. The van der Waals surface area contributed by atoms with Gasteiger partial charge < -0.3 is 5.32 Å². The Morgan fingerprint density at radius 2 is 1.57 bits per heavy atom. The van der Waals surface area contributed by atoms with Crippen LogP contribution in [0.15, 0.2) is 88.7 Å². The molecule has 0 spiro atoms. The first-order chi connectivity index (χ1) is 14.4. The molecule has 1 N–H and O–H groups in total. The van der Waals surface area contributed by atoms with Gasteiger partial charge in [-0.3, -0.25) is 4.79 Å². The Hall–Kier alpha value is -2.57. The van der Waals surface area contributed by atoms with Crippen molar-refractivity contribution >= 4 is 27.5 Å². The van der Waals surface area contributed by atoms with Gasteiger partial charge in [0.15, 0.2) is 9.84 Å². The van der Waals surface area contributed by atoms with Gasteiger partial charge in [0, 0.05) is 16.9 Å². The van der Waals surface area contributed by atoms with E-state index >= 15 is 0 Å². The van der Waals surface area contributed by atoms with Crippen LogP contribution >= 0.6 is 11.8 Å². The average molecular weight is 440 g/mol. The van der Waals surface area contributed by atoms with Crippen molar-refractivity contribution < 1.29 is 13.2 Å². The molecule has 0 fully saturated rings. The highest BCUT2D eigenvalue weighted by Gasteiger charge is 2.17. The largest absolute Gasteiger partial charge is 0.345 e. The molecule has 3 aromatic carbocycles. The lowest BCUT2D eigenvalue weighted by atomic mass is 10.0. The molecule has 1 atom stereocenters. The predicted octanol–water partition coefficient (Wildman–Crippen LogP) is 5.26. The van der Waals surface area contributed by atoms with E-state index in [-0.39, 0.29) is 16.8 Å². The van der Waals surface area contributed by atoms with E-state index in [9.17, 15) is 13.2 Å². The molecule has 3 rings (SSSR count). The molecule has 0 aromatic heterocycles. The van der Waals surface area contributed by atoms with Crippen molar-refractivity contribution in [1.82, 2.24) is 5.32 Å². The maximum Gasteiger partial charge on any atom is 0.252 e. The first-order valence-electron chi connectivity index (χ1n) is 9.75. The van der Waals surface area contributed by atoms with Gasteiger partial charge in [-0.1, -0.05) is 61.5 Å². The number of thioether (sulfide) groups is 1. The minimum Gasteiger partial charge on any atom is -0.345 e. The zero-order chi connectivity index (χ0) is 21.6. The van der Waals surface area contributed by atoms with E-state index in [1.54, 1.807) is 36.0 Å². The molecule has 0 aliphatic rings. The van der Waals surface area contributed by atoms with Crippen molar-refractivity contribution in [3.05, 3.63) is 95.6 Å². The minimum atomic E-state index is -3.24. The van der Waals surface area contributed by atoms with Crippen LogP contribution in [0.1, 0.15) is 40.9 Å². The van der Waals surface area contributed by atoms with Crippen molar-refractivity contribution in [1.29, 1.82) is 0 Å². The second-order valence-corrected chi connectivity index (χ2v) is 10.1. The zero-order valence-corrected chi connectivity index (χ0v) is 18.7. The quantitative estimate of drug-likeness (QED) is 0.486. The van der Waals surface area contributed by atoms with Gasteiger partial charge in [0.1, 0.15) is 0 Å². The van der Waals surface area contributed by atoms with Crippen LogP contribution < -0.4 is 5.32 Å². The summed E-state index contributed by atoms with van der Waals surface area (Å²) < 4.78 is 23.4. The molecule has 6 heteroatoms. The Bertz CT molecular complexity index is 1090. The lowest BCUT2D eigenvalue weighted by molar-refractivity contribution is 0.0932. The van der Waals surface area contributed by atoms with E-state index in [0.717, 1.165) is 16.2 Å². The monoisotopic (exact) mass is 439 g/mol. The van der Waals surface area contributed by atoms with Gasteiger partial charge in [-0.25, -0.2) is 8.42 Å². The Balaban J connectivity index is 1.74. The smallest absolute Gasteiger partial charge is 0.252 e. The van der Waals surface area contributed by atoms with E-state index in [2.05, 4.69) is 17.4 Å². The summed E-state index contributed by atoms with van der Waals surface area (Å²) >= 11 is 1.64. The highest BCUT2D eigenvalue weighted by atomic mass is 32.2. The van der Waals surface area contributed by atoms with Gasteiger partial charge in [0.25, 0.3) is 5.91 Å². The van der Waals surface area contributed by atoms with Crippen molar-refractivity contribution in [3.63, 3.8) is 0 Å². The third kappa shape index (κ3) is 5.74. The van der Waals surface area contributed by atoms with E-state index in [0.29, 0.717) is 12.0 Å². The SMILES string of the molecule is CC[C@@H](NC(=O)c1ccccc1SCc1ccccc1)c1ccc(S(C)(=O)=O)cc1. The minimum absolute atomic E-state index is 0.134. The normalized spacial score (nSPS) is 12.3. The third-order valence-corrected chi connectivity index (χ3v) is 7.07. The molecule has 1 amide bonds. The van der Waals surface area contributed by atoms with Gasteiger partial charge in [-0.2, -0.15) is 0 Å². The van der Waals surface area contributed by atoms with Crippen molar-refractivity contribution in [2.45, 2.75) is 34.9 Å². The number of hydrogen-bond donors (Lipinski definition) is 1. The summed E-state index contributed by atoms with van der Waals surface area (Å²) in [7, 11) is -3.24. The van der Waals surface area contributed by atoms with E-state index in [1.165, 1.54) is 11.8 Å². The first-order valence-corrected chi connectivity index (χ1v) is 12.6. The molecule has 0 radical (unpaired) electrons. The van der Waals surface area contributed by atoms with Crippen LogP contribution in [0.4, 0.5) is 0 Å². The number of amides is 1. The fraction of sp³-hybridized carbons (Fsp3) is 0.208. The summed E-state index contributed by atoms with van der Waals surface area (Å²) in [4.78, 5) is 14.2. The van der Waals surface area contributed by atoms with Crippen LogP contribution in [0.2, 0.25) is 0 Å². The molecule has 156 valence electrons. The van der Waals surface area contributed by atoms with Crippen molar-refractivity contribution in [2.75, 3.05) is 6.26 Å². The molecule has 0 unspecified atom stereocenters. The number of hydrogen-bond acceptors (Lipinski definition) is 4. The molecule has 0 saturated heterocycles. The molecule has 0 heterocycles. The molecule has 4 nitrogen and oxygen atoms in total. The Morgan fingerprint density at radius 3 is 2.20 bits per heavy atom. The van der Waals surface area contributed by atoms with Crippen LogP contribution in [0.25, 0.3) is 0 Å². The fourth-order valence-corrected chi connectivity index (χ4v) is 4.76. The zero-order valence-electron chi connectivity index (χ0n) is 17.0. The number of sulfone groups is 1. The van der Waals surface area contributed by atoms with E-state index < -0.39 is 9.84 Å². The number of rotatable bonds is 8. The average Bonchev–Trinajstić information content (AvgIpc) is 2.76. The molecule has 30 heavy (non-hydrogen) atoms. The Kier molecular flexibility index (Phi) is 7.34. The molecular weight excluding hydrogens is 414 g/mol. The highest BCUT2D eigenvalue weighted by Crippen LogP contribution is 2.27. The standard InChI is InChI=1S/C24H25NO3S2/c1-3-22(19-13-15-20(16-14-19)30(2,27)28)25-24(26)21-11-7-8-12-23(21)29-17-18-9-5-4-6-10-18/h4-16,22H,3,17H2,1-2H3,(H,25,26)/t22-/m1/s1. The van der Waals surface area contributed by atoms with E-state index in [1.807, 2.05) is 49.4 Å². The molecule has 0 saturated carbocycles. The van der Waals surface area contributed by atoms with Crippen molar-refractivity contribution in [2.24, 2.45) is 0 Å². The second-order valence-electron chi connectivity index (χ2n) is 7.05. The lowest BCUT2D eigenvalue weighted by Gasteiger charge is -2.19. The van der Waals surface area contributed by atoms with Crippen LogP contribution in [0.3, 0.4) is 0 Å². The van der Waals surface area contributed by atoms with Gasteiger partial charge in [0.05, 0.1) is 16.5 Å². The first kappa shape index (κ1) is 22.1. The summed E-state index contributed by atoms with van der Waals surface area (Å²) in [5, 5.41) is 3.09. The molecule has 0 aliphatic heterocycles. The molecule has 0 aliphatic carbocycles. The summed E-state index contributed by atoms with van der Waals surface area (Å²) in [5.74, 6) is 0.653. The summed E-state index contributed by atoms with van der Waals surface area (Å²) in [6, 6.07) is 24.3. The van der Waals surface area contributed by atoms with Gasteiger partial charge in [0.2, 0.25) is 0 Å².